The van der Waals surface area contributed by atoms with Gasteiger partial charge in [-0.1, -0.05) is 167 Å². The number of nitrogens with two attached hydrogens (primary N) is 1. The first kappa shape index (κ1) is 85.5. The van der Waals surface area contributed by atoms with Gasteiger partial charge >= 0.3 is 18.1 Å². The maximum Gasteiger partial charge on any atom is 0.322 e. The Kier molecular flexibility index (Phi) is 30.7. The molecule has 4 fully saturated rings. The first-order chi connectivity index (χ1) is 53.1. The second kappa shape index (κ2) is 40.1. The van der Waals surface area contributed by atoms with Crippen molar-refractivity contribution < 1.29 is 33.5 Å². The SMILES string of the molecule is C.Cc1cc(N2CCN(C(=O)Cn3nc(C)c(Cl)c3C)CC2)ccc1Cl.Cc1ccc(CN(C)C(=O)[C@H]2CCCN2C(=O)Nc2ccc(C)cc2)cc1.Cc1ccc(CN2CCN(C(=O)COc3ccc(Cl)cc3NC(N)=O)[C@H](C)C2)cc1.Cc1ccc(Cn2c(C)nnc2[C@H]2CCCN2C(=O)Nc2ccc(C)cc2)cc1. The summed E-state index contributed by atoms with van der Waals surface area (Å²) in [7, 11) is 1.80. The van der Waals surface area contributed by atoms with E-state index >= 15 is 0 Å². The Morgan fingerprint density at radius 1 is 0.571 bits per heavy atom. The number of hydrogen-bond acceptors (Lipinski definition) is 12. The predicted octanol–water partition coefficient (Wildman–Crippen LogP) is 15.9. The second-order valence-corrected chi connectivity index (χ2v) is 30.4. The number of rotatable bonds is 17. The lowest BCUT2D eigenvalue weighted by Crippen LogP contribution is -2.54. The van der Waals surface area contributed by atoms with Crippen LogP contribution in [-0.2, 0) is 40.6 Å². The largest absolute Gasteiger partial charge is 0.482 e. The molecule has 0 aliphatic carbocycles. The molecule has 594 valence electrons. The molecule has 4 aliphatic rings. The Labute approximate surface area is 674 Å². The first-order valence-corrected chi connectivity index (χ1v) is 38.9. The van der Waals surface area contributed by atoms with Crippen LogP contribution in [0.4, 0.5) is 37.1 Å². The number of ether oxygens (including phenoxy) is 1. The highest BCUT2D eigenvalue weighted by Crippen LogP contribution is 2.34. The molecule has 23 nitrogen and oxygen atoms in total. The minimum absolute atomic E-state index is 0. The molecule has 0 unspecified atom stereocenters. The number of amides is 9. The van der Waals surface area contributed by atoms with Crippen LogP contribution in [-0.4, -0.2) is 174 Å². The van der Waals surface area contributed by atoms with Crippen molar-refractivity contribution in [3.8, 4) is 5.75 Å². The van der Waals surface area contributed by atoms with Crippen LogP contribution in [0.2, 0.25) is 15.1 Å². The number of nitrogens with zero attached hydrogens (tertiary/aromatic N) is 12. The highest BCUT2D eigenvalue weighted by molar-refractivity contribution is 6.32. The van der Waals surface area contributed by atoms with Crippen LogP contribution in [0.15, 0.2) is 158 Å². The normalized spacial score (nSPS) is 16.0. The molecule has 4 saturated heterocycles. The van der Waals surface area contributed by atoms with Crippen LogP contribution in [0, 0.1) is 62.3 Å². The lowest BCUT2D eigenvalue weighted by atomic mass is 10.1. The summed E-state index contributed by atoms with van der Waals surface area (Å²) < 4.78 is 9.48. The standard InChI is InChI=1S/C23H27N5O.C22H27ClN4O3.C22H27N3O2.C18H22Cl2N4O.CH4/c1-16-6-10-19(11-7-16)15-28-18(3)25-26-22(28)21-5-4-14-27(21)23(29)24-20-12-8-17(2)9-13-20;1-15-3-5-17(6-4-15)13-26-9-10-27(16(2)12-26)21(28)14-30-20-8-7-18(23)11-19(20)25-22(24)29;1-16-6-10-18(11-7-16)15-24(3)21(26)20-5-4-14-25(20)22(27)23-19-12-8-17(2)9-13-19;1-12-10-15(4-5-16(12)19)22-6-8-23(9-7-22)17(25)11-24-14(3)18(20)13(2)21-24;/h6-13,21H,4-5,14-15H2,1-3H3,(H,24,29);3-8,11,16H,9-10,12-14H2,1-2H3,(H3,24,25,29);6-13,20H,4-5,14-15H2,1-3H3,(H,23,27);4-5,10H,6-9,11H2,1-3H3;1H4/t21-;16-;20-;;/m111../s1. The fourth-order valence-corrected chi connectivity index (χ4v) is 14.3. The summed E-state index contributed by atoms with van der Waals surface area (Å²) in [6.45, 7) is 28.8. The number of carbonyl (C=O) groups excluding carboxylic acids is 6. The van der Waals surface area contributed by atoms with Crippen LogP contribution in [0.25, 0.3) is 0 Å². The fourth-order valence-electron chi connectivity index (χ4n) is 13.9. The monoisotopic (exact) mass is 1580 g/mol. The molecule has 2 aromatic heterocycles. The van der Waals surface area contributed by atoms with E-state index < -0.39 is 12.1 Å². The molecular formula is C86H107Cl3N16O7. The maximum absolute atomic E-state index is 13.0. The number of hydrogen-bond donors (Lipinski definition) is 4. The van der Waals surface area contributed by atoms with E-state index in [0.717, 1.165) is 120 Å². The quantitative estimate of drug-likeness (QED) is 0.0665. The number of nitrogens with one attached hydrogen (secondary N) is 3. The van der Waals surface area contributed by atoms with Crippen molar-refractivity contribution in [2.75, 3.05) is 93.4 Å². The number of likely N-dealkylation sites (tertiary alicyclic amines) is 2. The number of primary amides is 1. The molecule has 9 amide bonds. The molecule has 13 rings (SSSR count). The molecule has 9 aromatic rings. The third kappa shape index (κ3) is 23.6. The van der Waals surface area contributed by atoms with Gasteiger partial charge in [0.15, 0.2) is 12.4 Å². The summed E-state index contributed by atoms with van der Waals surface area (Å²) in [4.78, 5) is 88.7. The van der Waals surface area contributed by atoms with E-state index in [2.05, 4.69) is 114 Å². The van der Waals surface area contributed by atoms with Gasteiger partial charge in [0, 0.05) is 112 Å². The number of aromatic nitrogens is 5. The average molecular weight is 1580 g/mol. The number of anilines is 4. The van der Waals surface area contributed by atoms with E-state index in [1.54, 1.807) is 33.7 Å². The summed E-state index contributed by atoms with van der Waals surface area (Å²) in [6, 6.07) is 50.1. The maximum atomic E-state index is 13.0. The Morgan fingerprint density at radius 3 is 1.67 bits per heavy atom. The van der Waals surface area contributed by atoms with Crippen LogP contribution in [0.3, 0.4) is 0 Å². The zero-order valence-electron chi connectivity index (χ0n) is 65.4. The molecule has 0 radical (unpaired) electrons. The molecule has 3 atom stereocenters. The second-order valence-electron chi connectivity index (χ2n) is 29.2. The van der Waals surface area contributed by atoms with Gasteiger partial charge in [-0.25, -0.2) is 14.4 Å². The van der Waals surface area contributed by atoms with E-state index in [4.69, 9.17) is 45.3 Å². The van der Waals surface area contributed by atoms with Crippen LogP contribution in [0.5, 0.6) is 5.75 Å². The molecule has 112 heavy (non-hydrogen) atoms. The zero-order chi connectivity index (χ0) is 79.6. The van der Waals surface area contributed by atoms with Crippen LogP contribution >= 0.6 is 34.8 Å². The topological polar surface area (TPSA) is 245 Å². The van der Waals surface area contributed by atoms with Gasteiger partial charge in [-0.05, 0) is 178 Å². The molecule has 4 aliphatic heterocycles. The fraction of sp³-hybridized carbons (Fsp3) is 0.384. The van der Waals surface area contributed by atoms with Crippen molar-refractivity contribution in [3.05, 3.63) is 246 Å². The molecule has 26 heteroatoms. The van der Waals surface area contributed by atoms with Gasteiger partial charge in [-0.2, -0.15) is 5.10 Å². The smallest absolute Gasteiger partial charge is 0.322 e. The third-order valence-corrected chi connectivity index (χ3v) is 21.6. The van der Waals surface area contributed by atoms with Crippen molar-refractivity contribution in [2.45, 2.75) is 147 Å². The van der Waals surface area contributed by atoms with Crippen molar-refractivity contribution >= 4 is 93.4 Å². The molecule has 0 bridgehead atoms. The van der Waals surface area contributed by atoms with Gasteiger partial charge in [0.2, 0.25) is 11.8 Å². The van der Waals surface area contributed by atoms with E-state index in [-0.39, 0.29) is 62.4 Å². The highest BCUT2D eigenvalue weighted by Gasteiger charge is 2.37. The van der Waals surface area contributed by atoms with Gasteiger partial charge < -0.3 is 60.4 Å². The minimum Gasteiger partial charge on any atom is -0.482 e. The summed E-state index contributed by atoms with van der Waals surface area (Å²) in [5.74, 6) is 2.04. The Hall–Kier alpha value is -10.5. The number of halogens is 3. The van der Waals surface area contributed by atoms with E-state index in [0.29, 0.717) is 67.2 Å². The van der Waals surface area contributed by atoms with Crippen molar-refractivity contribution in [3.63, 3.8) is 0 Å². The number of urea groups is 3. The van der Waals surface area contributed by atoms with Gasteiger partial charge in [0.05, 0.1) is 34.7 Å². The van der Waals surface area contributed by atoms with E-state index in [1.165, 1.54) is 39.4 Å². The lowest BCUT2D eigenvalue weighted by molar-refractivity contribution is -0.138. The molecule has 6 heterocycles. The number of aryl methyl sites for hydroxylation is 8. The van der Waals surface area contributed by atoms with Gasteiger partial charge in [0.25, 0.3) is 5.91 Å². The Bertz CT molecular complexity index is 4670. The van der Waals surface area contributed by atoms with Crippen LogP contribution < -0.4 is 31.3 Å². The average Bonchev–Trinajstić information content (AvgIpc) is 1.64. The molecular weight excluding hydrogens is 1480 g/mol. The predicted molar refractivity (Wildman–Crippen MR) is 448 cm³/mol. The summed E-state index contributed by atoms with van der Waals surface area (Å²) in [5.41, 5.74) is 20.4. The Morgan fingerprint density at radius 2 is 1.12 bits per heavy atom. The summed E-state index contributed by atoms with van der Waals surface area (Å²) >= 11 is 18.2. The molecule has 0 saturated carbocycles. The zero-order valence-corrected chi connectivity index (χ0v) is 67.7. The summed E-state index contributed by atoms with van der Waals surface area (Å²) in [6.07, 6.45) is 3.41. The van der Waals surface area contributed by atoms with Gasteiger partial charge in [-0.15, -0.1) is 10.2 Å². The lowest BCUT2D eigenvalue weighted by Gasteiger charge is -2.40. The Balaban J connectivity index is 0.000000171. The van der Waals surface area contributed by atoms with Crippen molar-refractivity contribution in [1.29, 1.82) is 0 Å². The number of benzene rings is 7. The first-order valence-electron chi connectivity index (χ1n) is 37.7. The number of piperazine rings is 2. The third-order valence-electron chi connectivity index (χ3n) is 20.4. The highest BCUT2D eigenvalue weighted by atomic mass is 35.5. The molecule has 5 N–H and O–H groups in total. The van der Waals surface area contributed by atoms with Gasteiger partial charge in [-0.3, -0.25) is 24.0 Å². The number of carbonyl (C=O) groups is 6. The minimum atomic E-state index is -0.730. The summed E-state index contributed by atoms with van der Waals surface area (Å²) in [5, 5.41) is 23.3. The van der Waals surface area contributed by atoms with E-state index in [9.17, 15) is 28.8 Å². The van der Waals surface area contributed by atoms with Crippen LogP contribution in [0.1, 0.15) is 119 Å². The number of likely N-dealkylation sites (N-methyl/N-ethyl adjacent to an activating group) is 1. The molecule has 7 aromatic carbocycles. The van der Waals surface area contributed by atoms with Crippen molar-refractivity contribution in [2.24, 2.45) is 5.73 Å². The molecule has 0 spiro atoms. The van der Waals surface area contributed by atoms with E-state index in [1.807, 2.05) is 155 Å². The van der Waals surface area contributed by atoms with Crippen molar-refractivity contribution in [1.82, 2.24) is 53.9 Å². The van der Waals surface area contributed by atoms with Gasteiger partial charge in [0.1, 0.15) is 24.2 Å².